The Labute approximate surface area is 347 Å². The zero-order valence-electron chi connectivity index (χ0n) is 33.8. The third-order valence-electron chi connectivity index (χ3n) is 11.0. The summed E-state index contributed by atoms with van der Waals surface area (Å²) in [5.74, 6) is -0.287. The minimum absolute atomic E-state index is 0.0285. The molecule has 2 saturated heterocycles. The number of hydrogen-bond acceptors (Lipinski definition) is 13. The van der Waals surface area contributed by atoms with Gasteiger partial charge in [0.25, 0.3) is 5.91 Å². The summed E-state index contributed by atoms with van der Waals surface area (Å²) in [4.78, 5) is 57.5. The van der Waals surface area contributed by atoms with Gasteiger partial charge in [-0.1, -0.05) is 57.2 Å². The van der Waals surface area contributed by atoms with Gasteiger partial charge in [-0.3, -0.25) is 14.4 Å². The fourth-order valence-electron chi connectivity index (χ4n) is 7.61. The monoisotopic (exact) mass is 818 g/mol. The van der Waals surface area contributed by atoms with Crippen LogP contribution >= 0.6 is 11.3 Å². The number of nitrogen functional groups attached to an aromatic ring is 1. The number of anilines is 3. The highest BCUT2D eigenvalue weighted by atomic mass is 32.1. The summed E-state index contributed by atoms with van der Waals surface area (Å²) in [7, 11) is 0. The van der Waals surface area contributed by atoms with E-state index in [0.717, 1.165) is 21.7 Å². The van der Waals surface area contributed by atoms with Crippen LogP contribution in [0, 0.1) is 12.3 Å². The number of aromatic nitrogens is 4. The van der Waals surface area contributed by atoms with E-state index in [9.17, 15) is 24.6 Å². The van der Waals surface area contributed by atoms with Gasteiger partial charge in [0.15, 0.2) is 5.82 Å². The number of aliphatic hydroxyl groups excluding tert-OH is 1. The van der Waals surface area contributed by atoms with Crippen LogP contribution in [0.1, 0.15) is 61.8 Å². The predicted octanol–water partition coefficient (Wildman–Crippen LogP) is 4.57. The highest BCUT2D eigenvalue weighted by Gasteiger charge is 2.45. The SMILES string of the molecule is Cc1ncsc1-c1ccc([C@H](C)NC(=O)[C@@H]2C[C@@H](O)CN2C(=O)C(NC(=O)c2ccnc(N3CCN(c4cc(-c5ccccc5O)nnc4N)CC3)c2)C(C)(C)C)cc1. The van der Waals surface area contributed by atoms with Gasteiger partial charge in [-0.15, -0.1) is 21.5 Å². The summed E-state index contributed by atoms with van der Waals surface area (Å²) in [6.07, 6.45) is 0.763. The summed E-state index contributed by atoms with van der Waals surface area (Å²) < 4.78 is 0. The van der Waals surface area contributed by atoms with Gasteiger partial charge in [0.05, 0.1) is 39.6 Å². The standard InChI is InChI=1S/C43H50N10O5S/c1-25(27-10-12-28(13-11-27)37-26(2)46-24-59-37)47-41(57)34-21-30(54)23-53(34)42(58)38(43(3,4)5)48-40(56)29-14-15-45-36(20-29)52-18-16-51(17-19-52)33-22-32(49-50-39(33)44)31-8-6-7-9-35(31)55/h6-15,20,22,24-25,30,34,38,54-55H,16-19,21,23H2,1-5H3,(H2,44,50)(H,47,57)(H,48,56)/t25-,30+,34-,38?/m0/s1. The minimum Gasteiger partial charge on any atom is -0.507 e. The van der Waals surface area contributed by atoms with E-state index in [1.54, 1.807) is 47.9 Å². The van der Waals surface area contributed by atoms with E-state index in [1.165, 1.54) is 4.90 Å². The molecule has 5 heterocycles. The molecule has 0 aliphatic carbocycles. The number of amides is 3. The van der Waals surface area contributed by atoms with Crippen molar-refractivity contribution in [1.29, 1.82) is 0 Å². The molecule has 2 aromatic carbocycles. The predicted molar refractivity (Wildman–Crippen MR) is 228 cm³/mol. The number of piperazine rings is 1. The summed E-state index contributed by atoms with van der Waals surface area (Å²) >= 11 is 1.57. The Morgan fingerprint density at radius 3 is 2.32 bits per heavy atom. The highest BCUT2D eigenvalue weighted by molar-refractivity contribution is 7.13. The molecule has 2 aliphatic heterocycles. The largest absolute Gasteiger partial charge is 0.507 e. The van der Waals surface area contributed by atoms with E-state index < -0.39 is 35.4 Å². The molecule has 308 valence electrons. The Kier molecular flexibility index (Phi) is 11.8. The fourth-order valence-corrected chi connectivity index (χ4v) is 8.42. The average Bonchev–Trinajstić information content (AvgIpc) is 3.85. The second kappa shape index (κ2) is 17.0. The second-order valence-corrected chi connectivity index (χ2v) is 17.0. The van der Waals surface area contributed by atoms with E-state index in [4.69, 9.17) is 5.73 Å². The number of β-amino-alcohol motifs (C(OH)–C–C–N with tert-alkyl or cyclic N) is 1. The molecule has 7 rings (SSSR count). The molecule has 3 amide bonds. The van der Waals surface area contributed by atoms with Crippen LogP contribution in [0.4, 0.5) is 17.3 Å². The Bertz CT molecular complexity index is 2320. The number of rotatable bonds is 10. The van der Waals surface area contributed by atoms with Gasteiger partial charge in [-0.2, -0.15) is 0 Å². The number of nitrogens with one attached hydrogen (secondary N) is 2. The number of para-hydroxylation sites is 1. The molecule has 1 unspecified atom stereocenters. The Hall–Kier alpha value is -6.13. The van der Waals surface area contributed by atoms with Crippen molar-refractivity contribution in [3.05, 3.63) is 95.3 Å². The first-order chi connectivity index (χ1) is 28.2. The topological polar surface area (TPSA) is 203 Å². The number of benzene rings is 2. The van der Waals surface area contributed by atoms with Crippen molar-refractivity contribution < 1.29 is 24.6 Å². The Morgan fingerprint density at radius 2 is 1.64 bits per heavy atom. The van der Waals surface area contributed by atoms with Gasteiger partial charge >= 0.3 is 0 Å². The maximum atomic E-state index is 14.3. The van der Waals surface area contributed by atoms with Crippen molar-refractivity contribution in [3.63, 3.8) is 0 Å². The number of carbonyl (C=O) groups is 3. The molecule has 0 saturated carbocycles. The molecule has 59 heavy (non-hydrogen) atoms. The number of aryl methyl sites for hydroxylation is 1. The molecule has 0 spiro atoms. The van der Waals surface area contributed by atoms with Crippen LogP contribution in [0.5, 0.6) is 5.75 Å². The van der Waals surface area contributed by atoms with Crippen LogP contribution in [0.25, 0.3) is 21.7 Å². The van der Waals surface area contributed by atoms with E-state index in [0.29, 0.717) is 54.5 Å². The molecule has 15 nitrogen and oxygen atoms in total. The normalized spacial score (nSPS) is 18.0. The minimum atomic E-state index is -1.00. The van der Waals surface area contributed by atoms with Gasteiger partial charge < -0.3 is 41.3 Å². The van der Waals surface area contributed by atoms with Crippen molar-refractivity contribution in [2.24, 2.45) is 5.41 Å². The molecular weight excluding hydrogens is 769 g/mol. The van der Waals surface area contributed by atoms with Crippen molar-refractivity contribution in [1.82, 2.24) is 35.7 Å². The number of pyridine rings is 1. The summed E-state index contributed by atoms with van der Waals surface area (Å²) in [5, 5.41) is 35.4. The van der Waals surface area contributed by atoms with Crippen LogP contribution in [-0.4, -0.2) is 104 Å². The molecule has 2 aliphatic rings. The number of phenolic OH excluding ortho intramolecular Hbond substituents is 1. The second-order valence-electron chi connectivity index (χ2n) is 16.2. The van der Waals surface area contributed by atoms with Gasteiger partial charge in [-0.25, -0.2) is 9.97 Å². The summed E-state index contributed by atoms with van der Waals surface area (Å²) in [6.45, 7) is 11.7. The smallest absolute Gasteiger partial charge is 0.252 e. The molecule has 0 radical (unpaired) electrons. The first-order valence-corrected chi connectivity index (χ1v) is 20.5. The van der Waals surface area contributed by atoms with Crippen LogP contribution < -0.4 is 26.2 Å². The fraction of sp³-hybridized carbons (Fsp3) is 0.372. The van der Waals surface area contributed by atoms with Crippen LogP contribution in [0.15, 0.2) is 78.4 Å². The first kappa shape index (κ1) is 41.0. The van der Waals surface area contributed by atoms with Gasteiger partial charge in [0.1, 0.15) is 23.7 Å². The van der Waals surface area contributed by atoms with E-state index >= 15 is 0 Å². The maximum absolute atomic E-state index is 14.3. The van der Waals surface area contributed by atoms with E-state index in [2.05, 4.69) is 40.6 Å². The lowest BCUT2D eigenvalue weighted by atomic mass is 9.85. The van der Waals surface area contributed by atoms with Crippen molar-refractivity contribution >= 4 is 46.4 Å². The van der Waals surface area contributed by atoms with Crippen molar-refractivity contribution in [3.8, 4) is 27.4 Å². The zero-order chi connectivity index (χ0) is 42.0. The number of aromatic hydroxyl groups is 1. The van der Waals surface area contributed by atoms with Crippen LogP contribution in [-0.2, 0) is 9.59 Å². The summed E-state index contributed by atoms with van der Waals surface area (Å²) in [5.41, 5.74) is 12.3. The van der Waals surface area contributed by atoms with Crippen molar-refractivity contribution in [2.45, 2.75) is 65.3 Å². The highest BCUT2D eigenvalue weighted by Crippen LogP contribution is 2.33. The van der Waals surface area contributed by atoms with Crippen LogP contribution in [0.3, 0.4) is 0 Å². The number of likely N-dealkylation sites (tertiary alicyclic amines) is 1. The van der Waals surface area contributed by atoms with E-state index in [1.807, 2.05) is 76.5 Å². The molecular formula is C43H50N10O5S. The lowest BCUT2D eigenvalue weighted by molar-refractivity contribution is -0.142. The molecule has 0 bridgehead atoms. The molecule has 16 heteroatoms. The number of thiazole rings is 1. The van der Waals surface area contributed by atoms with E-state index in [-0.39, 0.29) is 36.5 Å². The van der Waals surface area contributed by atoms with Crippen molar-refractivity contribution in [2.75, 3.05) is 48.3 Å². The van der Waals surface area contributed by atoms with Crippen LogP contribution in [0.2, 0.25) is 0 Å². The molecule has 3 aromatic heterocycles. The zero-order valence-corrected chi connectivity index (χ0v) is 34.6. The van der Waals surface area contributed by atoms with Gasteiger partial charge in [-0.05, 0) is 60.7 Å². The number of hydrogen-bond donors (Lipinski definition) is 5. The Morgan fingerprint density at radius 1 is 0.932 bits per heavy atom. The molecule has 6 N–H and O–H groups in total. The number of aliphatic hydroxyl groups is 1. The van der Waals surface area contributed by atoms with Gasteiger partial charge in [0, 0.05) is 56.5 Å². The number of carbonyl (C=O) groups excluding carboxylic acids is 3. The molecule has 2 fully saturated rings. The quantitative estimate of drug-likeness (QED) is 0.132. The average molecular weight is 819 g/mol. The molecule has 4 atom stereocenters. The molecule has 5 aromatic rings. The third-order valence-corrected chi connectivity index (χ3v) is 11.9. The third kappa shape index (κ3) is 8.98. The lowest BCUT2D eigenvalue weighted by Crippen LogP contribution is -2.57. The lowest BCUT2D eigenvalue weighted by Gasteiger charge is -2.37. The first-order valence-electron chi connectivity index (χ1n) is 19.7. The number of phenols is 1. The number of nitrogens with two attached hydrogens (primary N) is 1. The number of nitrogens with zero attached hydrogens (tertiary/aromatic N) is 7. The Balaban J connectivity index is 0.996. The maximum Gasteiger partial charge on any atom is 0.252 e. The summed E-state index contributed by atoms with van der Waals surface area (Å²) in [6, 6.07) is 17.7. The van der Waals surface area contributed by atoms with Gasteiger partial charge in [0.2, 0.25) is 11.8 Å².